The van der Waals surface area contributed by atoms with E-state index in [1.807, 2.05) is 0 Å². The molecule has 0 radical (unpaired) electrons. The molecule has 0 saturated carbocycles. The van der Waals surface area contributed by atoms with E-state index in [-0.39, 0.29) is 6.10 Å². The maximum absolute atomic E-state index is 6.32. The van der Waals surface area contributed by atoms with E-state index in [2.05, 4.69) is 42.7 Å². The van der Waals surface area contributed by atoms with Crippen LogP contribution < -0.4 is 15.4 Å². The van der Waals surface area contributed by atoms with Crippen LogP contribution in [0.5, 0.6) is 5.75 Å². The van der Waals surface area contributed by atoms with Crippen LogP contribution in [0, 0.1) is 17.8 Å². The molecule has 0 bridgehead atoms. The Morgan fingerprint density at radius 2 is 2.04 bits per heavy atom. The molecule has 0 aromatic heterocycles. The third kappa shape index (κ3) is 3.86. The smallest absolute Gasteiger partial charge is 0.119 e. The molecule has 0 spiro atoms. The highest BCUT2D eigenvalue weighted by Crippen LogP contribution is 2.47. The van der Waals surface area contributed by atoms with Gasteiger partial charge in [0.2, 0.25) is 0 Å². The first-order chi connectivity index (χ1) is 12.7. The first-order valence-corrected chi connectivity index (χ1v) is 10.6. The number of nitrogens with one attached hydrogen (secondary N) is 2. The van der Waals surface area contributed by atoms with Crippen LogP contribution in [0.4, 0.5) is 5.69 Å². The SMILES string of the molecule is CC(C)CCOc1ccc2c(c1)C1OCCC[C@H]1[C@@H](C1CCNCC1)N2. The minimum absolute atomic E-state index is 0.230. The Balaban J connectivity index is 1.54. The molecule has 4 heteroatoms. The number of ether oxygens (including phenoxy) is 2. The maximum atomic E-state index is 6.32. The molecule has 4 rings (SSSR count). The van der Waals surface area contributed by atoms with Gasteiger partial charge in [0, 0.05) is 29.8 Å². The molecule has 2 fully saturated rings. The van der Waals surface area contributed by atoms with Crippen LogP contribution in [0.25, 0.3) is 0 Å². The van der Waals surface area contributed by atoms with E-state index >= 15 is 0 Å². The standard InChI is InChI=1S/C22H34N2O2/c1-15(2)9-13-25-17-5-6-20-19(14-17)22-18(4-3-12-26-22)21(24-20)16-7-10-23-11-8-16/h5-6,14-16,18,21-24H,3-4,7-13H2,1-2H3/t18-,21+,22?/m0/s1. The number of benzene rings is 1. The van der Waals surface area contributed by atoms with E-state index in [0.717, 1.165) is 44.4 Å². The topological polar surface area (TPSA) is 42.5 Å². The fraction of sp³-hybridized carbons (Fsp3) is 0.727. The number of piperidine rings is 1. The summed E-state index contributed by atoms with van der Waals surface area (Å²) in [5.41, 5.74) is 2.56. The molecular weight excluding hydrogens is 324 g/mol. The van der Waals surface area contributed by atoms with Gasteiger partial charge < -0.3 is 20.1 Å². The molecule has 144 valence electrons. The van der Waals surface area contributed by atoms with Crippen molar-refractivity contribution in [3.8, 4) is 5.75 Å². The van der Waals surface area contributed by atoms with Gasteiger partial charge in [-0.15, -0.1) is 0 Å². The Labute approximate surface area is 158 Å². The van der Waals surface area contributed by atoms with Gasteiger partial charge in [-0.1, -0.05) is 13.8 Å². The van der Waals surface area contributed by atoms with Gasteiger partial charge in [0.25, 0.3) is 0 Å². The fourth-order valence-electron chi connectivity index (χ4n) is 4.86. The second kappa shape index (κ2) is 8.18. The highest BCUT2D eigenvalue weighted by molar-refractivity contribution is 5.58. The highest BCUT2D eigenvalue weighted by atomic mass is 16.5. The number of hydrogen-bond acceptors (Lipinski definition) is 4. The Morgan fingerprint density at radius 3 is 2.85 bits per heavy atom. The molecule has 2 N–H and O–H groups in total. The molecule has 1 unspecified atom stereocenters. The summed E-state index contributed by atoms with van der Waals surface area (Å²) in [7, 11) is 0. The molecular formula is C22H34N2O2. The summed E-state index contributed by atoms with van der Waals surface area (Å²) in [6, 6.07) is 7.10. The van der Waals surface area contributed by atoms with Crippen LogP contribution in [0.3, 0.4) is 0 Å². The molecule has 26 heavy (non-hydrogen) atoms. The van der Waals surface area contributed by atoms with E-state index in [9.17, 15) is 0 Å². The minimum Gasteiger partial charge on any atom is -0.494 e. The van der Waals surface area contributed by atoms with Gasteiger partial charge in [-0.25, -0.2) is 0 Å². The van der Waals surface area contributed by atoms with Gasteiger partial charge in [-0.3, -0.25) is 0 Å². The van der Waals surface area contributed by atoms with Crippen molar-refractivity contribution >= 4 is 5.69 Å². The lowest BCUT2D eigenvalue weighted by atomic mass is 9.73. The lowest BCUT2D eigenvalue weighted by Crippen LogP contribution is -2.48. The van der Waals surface area contributed by atoms with E-state index < -0.39 is 0 Å². The van der Waals surface area contributed by atoms with Crippen molar-refractivity contribution in [2.45, 2.75) is 58.1 Å². The first-order valence-electron chi connectivity index (χ1n) is 10.6. The number of anilines is 1. The van der Waals surface area contributed by atoms with Gasteiger partial charge in [0.05, 0.1) is 12.7 Å². The van der Waals surface area contributed by atoms with Crippen molar-refractivity contribution in [1.29, 1.82) is 0 Å². The zero-order chi connectivity index (χ0) is 17.9. The summed E-state index contributed by atoms with van der Waals surface area (Å²) in [5, 5.41) is 7.41. The fourth-order valence-corrected chi connectivity index (χ4v) is 4.86. The van der Waals surface area contributed by atoms with Gasteiger partial charge in [-0.05, 0) is 75.2 Å². The monoisotopic (exact) mass is 358 g/mol. The van der Waals surface area contributed by atoms with Crippen LogP contribution in [0.1, 0.15) is 57.6 Å². The first kappa shape index (κ1) is 18.1. The summed E-state index contributed by atoms with van der Waals surface area (Å²) in [6.07, 6.45) is 6.32. The Bertz CT molecular complexity index is 598. The zero-order valence-corrected chi connectivity index (χ0v) is 16.3. The predicted octanol–water partition coefficient (Wildman–Crippen LogP) is 4.37. The van der Waals surface area contributed by atoms with Crippen LogP contribution in [-0.4, -0.2) is 32.3 Å². The van der Waals surface area contributed by atoms with Crippen molar-refractivity contribution in [1.82, 2.24) is 5.32 Å². The van der Waals surface area contributed by atoms with Crippen LogP contribution >= 0.6 is 0 Å². The van der Waals surface area contributed by atoms with Crippen LogP contribution in [0.15, 0.2) is 18.2 Å². The van der Waals surface area contributed by atoms with Gasteiger partial charge in [-0.2, -0.15) is 0 Å². The average Bonchev–Trinajstić information content (AvgIpc) is 2.68. The van der Waals surface area contributed by atoms with E-state index in [0.29, 0.717) is 17.9 Å². The lowest BCUT2D eigenvalue weighted by Gasteiger charge is -2.47. The molecule has 2 saturated heterocycles. The van der Waals surface area contributed by atoms with Gasteiger partial charge >= 0.3 is 0 Å². The summed E-state index contributed by atoms with van der Waals surface area (Å²) in [6.45, 7) is 8.45. The van der Waals surface area contributed by atoms with E-state index in [1.165, 1.54) is 36.9 Å². The van der Waals surface area contributed by atoms with Crippen LogP contribution in [0.2, 0.25) is 0 Å². The third-order valence-electron chi connectivity index (χ3n) is 6.34. The molecule has 3 atom stereocenters. The summed E-state index contributed by atoms with van der Waals surface area (Å²) < 4.78 is 12.3. The maximum Gasteiger partial charge on any atom is 0.119 e. The Morgan fingerprint density at radius 1 is 1.19 bits per heavy atom. The number of rotatable bonds is 5. The zero-order valence-electron chi connectivity index (χ0n) is 16.3. The molecule has 0 amide bonds. The normalized spacial score (nSPS) is 29.0. The largest absolute Gasteiger partial charge is 0.494 e. The number of hydrogen-bond donors (Lipinski definition) is 2. The lowest BCUT2D eigenvalue weighted by molar-refractivity contribution is -0.0455. The quantitative estimate of drug-likeness (QED) is 0.820. The van der Waals surface area contributed by atoms with Gasteiger partial charge in [0.15, 0.2) is 0 Å². The molecule has 1 aromatic carbocycles. The van der Waals surface area contributed by atoms with Crippen molar-refractivity contribution < 1.29 is 9.47 Å². The van der Waals surface area contributed by atoms with Gasteiger partial charge in [0.1, 0.15) is 5.75 Å². The van der Waals surface area contributed by atoms with Crippen LogP contribution in [-0.2, 0) is 4.74 Å². The minimum atomic E-state index is 0.230. The molecule has 3 heterocycles. The second-order valence-electron chi connectivity index (χ2n) is 8.64. The van der Waals surface area contributed by atoms with E-state index in [1.54, 1.807) is 0 Å². The predicted molar refractivity (Wildman–Crippen MR) is 106 cm³/mol. The van der Waals surface area contributed by atoms with Crippen molar-refractivity contribution in [2.24, 2.45) is 17.8 Å². The molecule has 4 nitrogen and oxygen atoms in total. The summed E-state index contributed by atoms with van der Waals surface area (Å²) >= 11 is 0. The molecule has 3 aliphatic rings. The Hall–Kier alpha value is -1.26. The summed E-state index contributed by atoms with van der Waals surface area (Å²) in [4.78, 5) is 0. The second-order valence-corrected chi connectivity index (χ2v) is 8.64. The molecule has 1 aromatic rings. The van der Waals surface area contributed by atoms with Crippen molar-refractivity contribution in [2.75, 3.05) is 31.6 Å². The van der Waals surface area contributed by atoms with Crippen molar-refractivity contribution in [3.63, 3.8) is 0 Å². The highest BCUT2D eigenvalue weighted by Gasteiger charge is 2.42. The molecule has 0 aliphatic carbocycles. The van der Waals surface area contributed by atoms with Crippen molar-refractivity contribution in [3.05, 3.63) is 23.8 Å². The third-order valence-corrected chi connectivity index (χ3v) is 6.34. The number of fused-ring (bicyclic) bond motifs is 3. The Kier molecular flexibility index (Phi) is 5.70. The summed E-state index contributed by atoms with van der Waals surface area (Å²) in [5.74, 6) is 3.00. The molecule has 3 aliphatic heterocycles. The average molecular weight is 359 g/mol. The van der Waals surface area contributed by atoms with E-state index in [4.69, 9.17) is 9.47 Å².